The van der Waals surface area contributed by atoms with Crippen molar-refractivity contribution in [2.75, 3.05) is 6.61 Å². The first-order valence-electron chi connectivity index (χ1n) is 25.2. The van der Waals surface area contributed by atoms with Crippen LogP contribution < -0.4 is 5.32 Å². The number of ketones is 1. The van der Waals surface area contributed by atoms with Gasteiger partial charge >= 0.3 is 0 Å². The Hall–Kier alpha value is -1.16. The molecule has 0 bridgehead atoms. The van der Waals surface area contributed by atoms with E-state index in [1.54, 1.807) is 0 Å². The van der Waals surface area contributed by atoms with Gasteiger partial charge in [0.2, 0.25) is 5.91 Å². The van der Waals surface area contributed by atoms with Crippen LogP contribution in [-0.2, 0) is 9.59 Å². The van der Waals surface area contributed by atoms with E-state index in [1.807, 2.05) is 0 Å². The van der Waals surface area contributed by atoms with E-state index in [2.05, 4.69) is 31.3 Å². The summed E-state index contributed by atoms with van der Waals surface area (Å²) in [4.78, 5) is 24.7. The first-order valence-corrected chi connectivity index (χ1v) is 25.2. The summed E-state index contributed by atoms with van der Waals surface area (Å²) in [6, 6.07) is -0.0799. The first-order chi connectivity index (χ1) is 27.1. The molecule has 0 aliphatic heterocycles. The number of hydrogen-bond acceptors (Lipinski definition) is 3. The van der Waals surface area contributed by atoms with Crippen LogP contribution in [0.1, 0.15) is 290 Å². The third-order valence-electron chi connectivity index (χ3n) is 11.8. The average Bonchev–Trinajstić information content (AvgIpc) is 3.19. The standard InChI is InChI=1S/C51H99NO3/c1-3-5-7-9-11-13-15-17-19-20-21-22-23-25-27-29-33-37-41-45-50(54)46-42-38-34-30-31-35-39-43-47-51(55)52-49(48-53)44-40-36-32-28-26-24-18-16-14-12-10-8-6-4-2/h17,19,49,53H,3-16,18,20-48H2,1-2H3,(H,52,55)/t49-/m1/s1. The molecule has 0 saturated heterocycles. The second-order valence-electron chi connectivity index (χ2n) is 17.4. The monoisotopic (exact) mass is 774 g/mol. The lowest BCUT2D eigenvalue weighted by Crippen LogP contribution is -2.37. The highest BCUT2D eigenvalue weighted by Crippen LogP contribution is 2.16. The number of amides is 1. The lowest BCUT2D eigenvalue weighted by atomic mass is 10.0. The van der Waals surface area contributed by atoms with Crippen LogP contribution in [0, 0.1) is 0 Å². The van der Waals surface area contributed by atoms with Crippen LogP contribution >= 0.6 is 0 Å². The highest BCUT2D eigenvalue weighted by atomic mass is 16.3. The van der Waals surface area contributed by atoms with E-state index in [0.29, 0.717) is 12.2 Å². The van der Waals surface area contributed by atoms with Crippen molar-refractivity contribution in [2.45, 2.75) is 296 Å². The Balaban J connectivity index is 3.40. The number of allylic oxidation sites excluding steroid dienone is 2. The van der Waals surface area contributed by atoms with Gasteiger partial charge in [-0.2, -0.15) is 0 Å². The van der Waals surface area contributed by atoms with Gasteiger partial charge < -0.3 is 10.4 Å². The maximum atomic E-state index is 12.4. The van der Waals surface area contributed by atoms with Crippen LogP contribution in [0.15, 0.2) is 12.2 Å². The topological polar surface area (TPSA) is 66.4 Å². The molecule has 4 nitrogen and oxygen atoms in total. The summed E-state index contributed by atoms with van der Waals surface area (Å²) in [5, 5.41) is 12.8. The highest BCUT2D eigenvalue weighted by Gasteiger charge is 2.11. The summed E-state index contributed by atoms with van der Waals surface area (Å²) in [6.45, 7) is 4.62. The van der Waals surface area contributed by atoms with Crippen molar-refractivity contribution in [3.63, 3.8) is 0 Å². The fourth-order valence-corrected chi connectivity index (χ4v) is 7.99. The molecule has 0 rings (SSSR count). The van der Waals surface area contributed by atoms with E-state index in [-0.39, 0.29) is 18.6 Å². The van der Waals surface area contributed by atoms with E-state index in [0.717, 1.165) is 51.4 Å². The van der Waals surface area contributed by atoms with Gasteiger partial charge in [-0.1, -0.05) is 231 Å². The zero-order valence-corrected chi connectivity index (χ0v) is 37.6. The van der Waals surface area contributed by atoms with Gasteiger partial charge in [0.1, 0.15) is 5.78 Å². The minimum atomic E-state index is -0.0799. The number of Topliss-reactive ketones (excluding diaryl/α,β-unsaturated/α-hetero) is 1. The summed E-state index contributed by atoms with van der Waals surface area (Å²) < 4.78 is 0. The molecule has 2 N–H and O–H groups in total. The van der Waals surface area contributed by atoms with Crippen molar-refractivity contribution >= 4 is 11.7 Å². The maximum absolute atomic E-state index is 12.4. The summed E-state index contributed by atoms with van der Waals surface area (Å²) in [7, 11) is 0. The molecule has 0 aromatic carbocycles. The van der Waals surface area contributed by atoms with Crippen molar-refractivity contribution in [3.05, 3.63) is 12.2 Å². The number of aliphatic hydroxyl groups is 1. The molecule has 0 aromatic rings. The predicted molar refractivity (Wildman–Crippen MR) is 243 cm³/mol. The molecule has 0 aliphatic carbocycles. The van der Waals surface area contributed by atoms with Gasteiger partial charge in [0.15, 0.2) is 0 Å². The Morgan fingerprint density at radius 2 is 0.691 bits per heavy atom. The Morgan fingerprint density at radius 1 is 0.400 bits per heavy atom. The normalized spacial score (nSPS) is 12.2. The molecule has 0 saturated carbocycles. The zero-order chi connectivity index (χ0) is 40.0. The van der Waals surface area contributed by atoms with Crippen LogP contribution in [0.2, 0.25) is 0 Å². The number of aliphatic hydroxyl groups excluding tert-OH is 1. The van der Waals surface area contributed by atoms with Crippen molar-refractivity contribution in [1.29, 1.82) is 0 Å². The van der Waals surface area contributed by atoms with Gasteiger partial charge in [0.25, 0.3) is 0 Å². The summed E-state index contributed by atoms with van der Waals surface area (Å²) in [5.41, 5.74) is 0. The molecule has 1 amide bonds. The number of nitrogens with one attached hydrogen (secondary N) is 1. The minimum absolute atomic E-state index is 0.0497. The number of hydrogen-bond donors (Lipinski definition) is 2. The molecule has 0 heterocycles. The summed E-state index contributed by atoms with van der Waals surface area (Å²) >= 11 is 0. The van der Waals surface area contributed by atoms with E-state index in [4.69, 9.17) is 0 Å². The fourth-order valence-electron chi connectivity index (χ4n) is 7.99. The minimum Gasteiger partial charge on any atom is -0.394 e. The van der Waals surface area contributed by atoms with Gasteiger partial charge in [0.05, 0.1) is 12.6 Å². The number of unbranched alkanes of at least 4 members (excludes halogenated alkanes) is 35. The number of carbonyl (C=O) groups excluding carboxylic acids is 2. The Kier molecular flexibility index (Phi) is 46.2. The van der Waals surface area contributed by atoms with Crippen molar-refractivity contribution in [1.82, 2.24) is 5.32 Å². The van der Waals surface area contributed by atoms with Gasteiger partial charge in [0, 0.05) is 19.3 Å². The molecule has 0 aliphatic rings. The van der Waals surface area contributed by atoms with Crippen molar-refractivity contribution in [3.8, 4) is 0 Å². The van der Waals surface area contributed by atoms with Crippen LogP contribution in [0.3, 0.4) is 0 Å². The van der Waals surface area contributed by atoms with Gasteiger partial charge in [-0.05, 0) is 51.4 Å². The largest absolute Gasteiger partial charge is 0.394 e. The van der Waals surface area contributed by atoms with Gasteiger partial charge in [-0.3, -0.25) is 9.59 Å². The molecule has 1 atom stereocenters. The molecule has 0 fully saturated rings. The molecular weight excluding hydrogens is 675 g/mol. The van der Waals surface area contributed by atoms with Crippen LogP contribution in [0.25, 0.3) is 0 Å². The molecule has 55 heavy (non-hydrogen) atoms. The summed E-state index contributed by atoms with van der Waals surface area (Å²) in [6.07, 6.45) is 58.6. The van der Waals surface area contributed by atoms with Crippen molar-refractivity contribution < 1.29 is 14.7 Å². The average molecular weight is 774 g/mol. The molecule has 0 spiro atoms. The molecule has 4 heteroatoms. The van der Waals surface area contributed by atoms with E-state index in [9.17, 15) is 14.7 Å². The zero-order valence-electron chi connectivity index (χ0n) is 37.6. The van der Waals surface area contributed by atoms with E-state index < -0.39 is 0 Å². The van der Waals surface area contributed by atoms with E-state index >= 15 is 0 Å². The SMILES string of the molecule is CCCCCCCCC=CCCCCCCCCCCCC(=O)CCCCCCCCCCC(=O)N[C@@H](CO)CCCCCCCCCCCCCCCC. The molecule has 0 aromatic heterocycles. The second-order valence-corrected chi connectivity index (χ2v) is 17.4. The molecular formula is C51H99NO3. The van der Waals surface area contributed by atoms with Gasteiger partial charge in [-0.15, -0.1) is 0 Å². The fraction of sp³-hybridized carbons (Fsp3) is 0.922. The Morgan fingerprint density at radius 3 is 1.04 bits per heavy atom. The lowest BCUT2D eigenvalue weighted by Gasteiger charge is -2.16. The van der Waals surface area contributed by atoms with Crippen LogP contribution in [-0.4, -0.2) is 29.4 Å². The lowest BCUT2D eigenvalue weighted by molar-refractivity contribution is -0.122. The van der Waals surface area contributed by atoms with E-state index in [1.165, 1.54) is 218 Å². The first kappa shape index (κ1) is 53.8. The van der Waals surface area contributed by atoms with Crippen LogP contribution in [0.4, 0.5) is 0 Å². The predicted octanol–water partition coefficient (Wildman–Crippen LogP) is 16.4. The smallest absolute Gasteiger partial charge is 0.220 e. The van der Waals surface area contributed by atoms with Gasteiger partial charge in [-0.25, -0.2) is 0 Å². The molecule has 0 unspecified atom stereocenters. The van der Waals surface area contributed by atoms with Crippen LogP contribution in [0.5, 0.6) is 0 Å². The number of carbonyl (C=O) groups is 2. The Bertz CT molecular complexity index is 795. The molecule has 326 valence electrons. The number of rotatable bonds is 47. The third-order valence-corrected chi connectivity index (χ3v) is 11.8. The second kappa shape index (κ2) is 47.2. The van der Waals surface area contributed by atoms with Crippen molar-refractivity contribution in [2.24, 2.45) is 0 Å². The summed E-state index contributed by atoms with van der Waals surface area (Å²) in [5.74, 6) is 0.579. The highest BCUT2D eigenvalue weighted by molar-refractivity contribution is 5.78. The maximum Gasteiger partial charge on any atom is 0.220 e. The Labute approximate surface area is 345 Å². The molecule has 0 radical (unpaired) electrons. The quantitative estimate of drug-likeness (QED) is 0.0478. The third kappa shape index (κ3) is 45.4.